The lowest BCUT2D eigenvalue weighted by Crippen LogP contribution is -2.27. The molecule has 0 aliphatic carbocycles. The van der Waals surface area contributed by atoms with E-state index in [0.717, 1.165) is 60.5 Å². The highest BCUT2D eigenvalue weighted by Gasteiger charge is 2.21. The van der Waals surface area contributed by atoms with E-state index in [4.69, 9.17) is 0 Å². The lowest BCUT2D eigenvalue weighted by atomic mass is 9.95. The molecule has 0 fully saturated rings. The number of anilines is 1. The van der Waals surface area contributed by atoms with E-state index in [-0.39, 0.29) is 11.0 Å². The molecule has 0 saturated carbocycles. The number of halogens is 1. The Morgan fingerprint density at radius 3 is 2.65 bits per heavy atom. The van der Waals surface area contributed by atoms with E-state index in [1.165, 1.54) is 6.07 Å². The Morgan fingerprint density at radius 1 is 1.00 bits per heavy atom. The topological polar surface area (TPSA) is 99.4 Å². The van der Waals surface area contributed by atoms with Gasteiger partial charge < -0.3 is 10.3 Å². The Hall–Kier alpha value is -4.37. The molecular formula is C28H23FN6OS. The third kappa shape index (κ3) is 4.27. The Labute approximate surface area is 215 Å². The third-order valence-corrected chi connectivity index (χ3v) is 7.09. The second-order valence-corrected chi connectivity index (χ2v) is 10.9. The van der Waals surface area contributed by atoms with Gasteiger partial charge in [0, 0.05) is 43.9 Å². The van der Waals surface area contributed by atoms with Crippen molar-refractivity contribution in [2.75, 3.05) is 5.32 Å². The van der Waals surface area contributed by atoms with Gasteiger partial charge in [-0.25, -0.2) is 0 Å². The molecule has 7 nitrogen and oxygen atoms in total. The summed E-state index contributed by atoms with van der Waals surface area (Å²) in [4.78, 5) is 25.6. The molecule has 0 bridgehead atoms. The van der Waals surface area contributed by atoms with Crippen LogP contribution in [0.4, 0.5) is 10.1 Å². The predicted molar refractivity (Wildman–Crippen MR) is 146 cm³/mol. The van der Waals surface area contributed by atoms with Gasteiger partial charge in [-0.1, -0.05) is 32.9 Å². The molecule has 0 atom stereocenters. The van der Waals surface area contributed by atoms with Crippen LogP contribution in [0.15, 0.2) is 67.1 Å². The average Bonchev–Trinajstić information content (AvgIpc) is 3.60. The van der Waals surface area contributed by atoms with Gasteiger partial charge in [-0.15, -0.1) is 11.3 Å². The summed E-state index contributed by atoms with van der Waals surface area (Å²) in [6.07, 6.45) is 5.08. The van der Waals surface area contributed by atoms with Crippen molar-refractivity contribution < 1.29 is 9.18 Å². The number of benzene rings is 1. The summed E-state index contributed by atoms with van der Waals surface area (Å²) < 4.78 is 13.7. The second kappa shape index (κ2) is 8.63. The summed E-state index contributed by atoms with van der Waals surface area (Å²) in [7, 11) is 0. The molecule has 0 aliphatic rings. The molecule has 3 N–H and O–H groups in total. The van der Waals surface area contributed by atoms with E-state index in [0.29, 0.717) is 11.4 Å². The van der Waals surface area contributed by atoms with Gasteiger partial charge in [-0.05, 0) is 36.4 Å². The maximum Gasteiger partial charge on any atom is 0.229 e. The number of nitrogens with zero attached hydrogens (tertiary/aromatic N) is 3. The largest absolute Gasteiger partial charge is 0.353 e. The molecule has 5 heterocycles. The minimum absolute atomic E-state index is 0.0875. The lowest BCUT2D eigenvalue weighted by molar-refractivity contribution is -0.123. The first-order chi connectivity index (χ1) is 17.8. The molecule has 184 valence electrons. The van der Waals surface area contributed by atoms with Gasteiger partial charge in [0.25, 0.3) is 0 Å². The minimum atomic E-state index is -0.518. The van der Waals surface area contributed by atoms with Crippen LogP contribution in [-0.4, -0.2) is 31.1 Å². The van der Waals surface area contributed by atoms with Crippen LogP contribution in [-0.2, 0) is 4.79 Å². The van der Waals surface area contributed by atoms with Crippen molar-refractivity contribution in [1.82, 2.24) is 25.1 Å². The smallest absolute Gasteiger partial charge is 0.229 e. The van der Waals surface area contributed by atoms with Crippen LogP contribution in [0.25, 0.3) is 54.9 Å². The number of hydrogen-bond donors (Lipinski definition) is 3. The highest BCUT2D eigenvalue weighted by atomic mass is 32.1. The number of fused-ring (bicyclic) bond motifs is 2. The van der Waals surface area contributed by atoms with Crippen molar-refractivity contribution in [1.29, 1.82) is 0 Å². The van der Waals surface area contributed by atoms with E-state index in [9.17, 15) is 9.18 Å². The number of carbonyl (C=O) groups is 1. The first-order valence-corrected chi connectivity index (χ1v) is 12.6. The Balaban J connectivity index is 1.40. The van der Waals surface area contributed by atoms with Gasteiger partial charge in [0.15, 0.2) is 5.13 Å². The number of aromatic amines is 2. The number of thiophene rings is 1. The summed E-state index contributed by atoms with van der Waals surface area (Å²) in [6.45, 7) is 5.59. The van der Waals surface area contributed by atoms with Crippen LogP contribution < -0.4 is 5.32 Å². The summed E-state index contributed by atoms with van der Waals surface area (Å²) in [5.74, 6) is -0.0875. The standard InChI is InChI=1S/C28H23FN6OS/c1-28(2,3)27(36)32-16-9-15(12-30-13-16)21-11-19-23(14-31-21)34-35-26(19)22-10-18-17(5-4-6-20(18)33-22)24-7-8-25(29)37-24/h4-14,33H,1-3H3,(H,32,36)(H,34,35). The van der Waals surface area contributed by atoms with Crippen molar-refractivity contribution in [2.45, 2.75) is 20.8 Å². The number of hydrogen-bond acceptors (Lipinski definition) is 5. The van der Waals surface area contributed by atoms with Crippen LogP contribution in [0.3, 0.4) is 0 Å². The van der Waals surface area contributed by atoms with Gasteiger partial charge >= 0.3 is 0 Å². The predicted octanol–water partition coefficient (Wildman–Crippen LogP) is 7.02. The van der Waals surface area contributed by atoms with Crippen LogP contribution in [0.5, 0.6) is 0 Å². The molecule has 5 aromatic heterocycles. The van der Waals surface area contributed by atoms with Crippen molar-refractivity contribution in [2.24, 2.45) is 5.41 Å². The van der Waals surface area contributed by atoms with Gasteiger partial charge in [-0.3, -0.25) is 19.9 Å². The van der Waals surface area contributed by atoms with Gasteiger partial charge in [-0.2, -0.15) is 9.49 Å². The second-order valence-electron chi connectivity index (χ2n) is 9.91. The van der Waals surface area contributed by atoms with Crippen LogP contribution in [0.2, 0.25) is 0 Å². The minimum Gasteiger partial charge on any atom is -0.353 e. The summed E-state index contributed by atoms with van der Waals surface area (Å²) >= 11 is 1.13. The Bertz CT molecular complexity index is 1790. The first-order valence-electron chi connectivity index (χ1n) is 11.7. The quantitative estimate of drug-likeness (QED) is 0.237. The van der Waals surface area contributed by atoms with E-state index in [1.54, 1.807) is 24.7 Å². The number of rotatable bonds is 4. The van der Waals surface area contributed by atoms with Gasteiger partial charge in [0.05, 0.1) is 35.0 Å². The summed E-state index contributed by atoms with van der Waals surface area (Å²) in [5.41, 5.74) is 5.88. The number of aromatic nitrogens is 5. The lowest BCUT2D eigenvalue weighted by Gasteiger charge is -2.17. The van der Waals surface area contributed by atoms with Crippen molar-refractivity contribution in [3.8, 4) is 33.1 Å². The molecule has 9 heteroatoms. The summed E-state index contributed by atoms with van der Waals surface area (Å²) in [5, 5.41) is 12.2. The molecule has 1 amide bonds. The number of pyridine rings is 2. The van der Waals surface area contributed by atoms with E-state index >= 15 is 0 Å². The average molecular weight is 511 g/mol. The Morgan fingerprint density at radius 2 is 1.86 bits per heavy atom. The summed E-state index contributed by atoms with van der Waals surface area (Å²) in [6, 6.07) is 15.1. The SMILES string of the molecule is CC(C)(C)C(=O)Nc1cncc(-c2cc3c(-c4cc5c(-c6ccc(F)s6)cccc5[nH]4)n[nH]c3cn2)c1. The van der Waals surface area contributed by atoms with Crippen molar-refractivity contribution in [3.63, 3.8) is 0 Å². The monoisotopic (exact) mass is 510 g/mol. The van der Waals surface area contributed by atoms with Crippen molar-refractivity contribution >= 4 is 44.7 Å². The molecule has 37 heavy (non-hydrogen) atoms. The van der Waals surface area contributed by atoms with Crippen LogP contribution in [0.1, 0.15) is 20.8 Å². The molecular weight excluding hydrogens is 487 g/mol. The Kier molecular flexibility index (Phi) is 5.38. The van der Waals surface area contributed by atoms with E-state index in [1.807, 2.05) is 57.2 Å². The highest BCUT2D eigenvalue weighted by Crippen LogP contribution is 2.37. The van der Waals surface area contributed by atoms with Gasteiger partial charge in [0.1, 0.15) is 5.69 Å². The van der Waals surface area contributed by atoms with E-state index < -0.39 is 5.41 Å². The molecule has 0 unspecified atom stereocenters. The number of nitrogens with one attached hydrogen (secondary N) is 3. The highest BCUT2D eigenvalue weighted by molar-refractivity contribution is 7.14. The molecule has 6 aromatic rings. The van der Waals surface area contributed by atoms with Gasteiger partial charge in [0.2, 0.25) is 5.91 Å². The molecule has 0 aliphatic heterocycles. The molecule has 0 spiro atoms. The number of carbonyl (C=O) groups excluding carboxylic acids is 1. The van der Waals surface area contributed by atoms with E-state index in [2.05, 4.69) is 30.5 Å². The van der Waals surface area contributed by atoms with Crippen LogP contribution in [0, 0.1) is 10.5 Å². The third-order valence-electron chi connectivity index (χ3n) is 6.18. The molecule has 0 radical (unpaired) electrons. The maximum absolute atomic E-state index is 13.7. The zero-order valence-corrected chi connectivity index (χ0v) is 21.2. The first kappa shape index (κ1) is 23.1. The number of amides is 1. The molecule has 1 aromatic carbocycles. The van der Waals surface area contributed by atoms with Crippen LogP contribution >= 0.6 is 11.3 Å². The molecule has 6 rings (SSSR count). The fourth-order valence-electron chi connectivity index (χ4n) is 4.20. The zero-order chi connectivity index (χ0) is 25.7. The fourth-order valence-corrected chi connectivity index (χ4v) is 4.97. The normalized spacial score (nSPS) is 11.9. The molecule has 0 saturated heterocycles. The zero-order valence-electron chi connectivity index (χ0n) is 20.4. The maximum atomic E-state index is 13.7. The van der Waals surface area contributed by atoms with Crippen molar-refractivity contribution in [3.05, 3.63) is 72.3 Å². The fraction of sp³-hybridized carbons (Fsp3) is 0.143. The number of H-pyrrole nitrogens is 2.